The van der Waals surface area contributed by atoms with Crippen molar-refractivity contribution < 1.29 is 14.0 Å². The Morgan fingerprint density at radius 2 is 1.84 bits per heavy atom. The molecule has 126 valence electrons. The fourth-order valence-electron chi connectivity index (χ4n) is 2.25. The van der Waals surface area contributed by atoms with Gasteiger partial charge < -0.3 is 5.32 Å². The van der Waals surface area contributed by atoms with Gasteiger partial charge in [0.05, 0.1) is 11.4 Å². The summed E-state index contributed by atoms with van der Waals surface area (Å²) in [5.74, 6) is -1.03. The first kappa shape index (κ1) is 16.8. The Morgan fingerprint density at radius 3 is 2.56 bits per heavy atom. The van der Waals surface area contributed by atoms with Crippen LogP contribution in [-0.4, -0.2) is 16.8 Å². The van der Waals surface area contributed by atoms with Gasteiger partial charge in [0, 0.05) is 23.4 Å². The topological polar surface area (TPSA) is 71.1 Å². The van der Waals surface area contributed by atoms with Crippen molar-refractivity contribution in [1.82, 2.24) is 4.98 Å². The van der Waals surface area contributed by atoms with Crippen molar-refractivity contribution in [2.75, 3.05) is 10.6 Å². The number of hydrogen-bond acceptors (Lipinski definition) is 4. The number of anilines is 2. The molecule has 3 aromatic rings. The van der Waals surface area contributed by atoms with Crippen molar-refractivity contribution in [2.24, 2.45) is 0 Å². The number of nitrogens with zero attached hydrogens (tertiary/aromatic N) is 1. The van der Waals surface area contributed by atoms with Gasteiger partial charge in [-0.1, -0.05) is 18.2 Å². The molecule has 3 rings (SSSR count). The number of halogens is 1. The van der Waals surface area contributed by atoms with Crippen LogP contribution in [0, 0.1) is 5.82 Å². The molecule has 0 aliphatic heterocycles. The Bertz CT molecular complexity index is 925. The monoisotopic (exact) mass is 355 g/mol. The van der Waals surface area contributed by atoms with Crippen LogP contribution >= 0.6 is 11.3 Å². The van der Waals surface area contributed by atoms with Crippen molar-refractivity contribution in [3.05, 3.63) is 65.3 Å². The fraction of sp³-hybridized carbons (Fsp3) is 0.0556. The van der Waals surface area contributed by atoms with Gasteiger partial charge in [-0.3, -0.25) is 14.9 Å². The minimum Gasteiger partial charge on any atom is -0.326 e. The molecule has 1 heterocycles. The van der Waals surface area contributed by atoms with E-state index in [4.69, 9.17) is 0 Å². The Morgan fingerprint density at radius 1 is 1.08 bits per heavy atom. The van der Waals surface area contributed by atoms with Crippen LogP contribution in [0.3, 0.4) is 0 Å². The number of benzene rings is 2. The summed E-state index contributed by atoms with van der Waals surface area (Å²) in [6.45, 7) is 1.35. The molecule has 0 spiro atoms. The van der Waals surface area contributed by atoms with Crippen LogP contribution < -0.4 is 10.6 Å². The smallest absolute Gasteiger partial charge is 0.257 e. The van der Waals surface area contributed by atoms with Crippen molar-refractivity contribution in [3.63, 3.8) is 0 Å². The highest BCUT2D eigenvalue weighted by Crippen LogP contribution is 2.31. The maximum Gasteiger partial charge on any atom is 0.257 e. The second-order valence-electron chi connectivity index (χ2n) is 5.23. The molecule has 25 heavy (non-hydrogen) atoms. The van der Waals surface area contributed by atoms with E-state index in [-0.39, 0.29) is 11.8 Å². The first-order chi connectivity index (χ1) is 12.0. The lowest BCUT2D eigenvalue weighted by Gasteiger charge is -2.08. The maximum atomic E-state index is 13.5. The third-order valence-corrected chi connectivity index (χ3v) is 4.09. The zero-order valence-corrected chi connectivity index (χ0v) is 14.1. The van der Waals surface area contributed by atoms with Crippen LogP contribution in [0.15, 0.2) is 53.9 Å². The lowest BCUT2D eigenvalue weighted by atomic mass is 10.1. The number of amides is 2. The summed E-state index contributed by atoms with van der Waals surface area (Å²) in [6.07, 6.45) is 0. The highest BCUT2D eigenvalue weighted by molar-refractivity contribution is 7.14. The molecule has 0 radical (unpaired) electrons. The average molecular weight is 355 g/mol. The van der Waals surface area contributed by atoms with Crippen LogP contribution in [0.4, 0.5) is 15.2 Å². The molecule has 1 aromatic heterocycles. The van der Waals surface area contributed by atoms with Crippen molar-refractivity contribution in [3.8, 4) is 11.3 Å². The molecule has 7 heteroatoms. The molecular weight excluding hydrogens is 341 g/mol. The Hall–Kier alpha value is -3.06. The van der Waals surface area contributed by atoms with Crippen LogP contribution in [0.25, 0.3) is 11.3 Å². The summed E-state index contributed by atoms with van der Waals surface area (Å²) in [6, 6.07) is 12.9. The van der Waals surface area contributed by atoms with E-state index < -0.39 is 5.82 Å². The average Bonchev–Trinajstić information content (AvgIpc) is 3.03. The molecule has 0 unspecified atom stereocenters. The molecular formula is C18H14FN3O2S. The normalized spacial score (nSPS) is 10.3. The number of aromatic nitrogens is 1. The summed E-state index contributed by atoms with van der Waals surface area (Å²) in [5.41, 5.74) is 1.98. The predicted octanol–water partition coefficient (Wildman–Crippen LogP) is 4.16. The minimum absolute atomic E-state index is 0.261. The van der Waals surface area contributed by atoms with E-state index in [0.717, 1.165) is 0 Å². The zero-order chi connectivity index (χ0) is 17.8. The lowest BCUT2D eigenvalue weighted by Crippen LogP contribution is -2.11. The quantitative estimate of drug-likeness (QED) is 0.738. The maximum absolute atomic E-state index is 13.5. The number of rotatable bonds is 4. The molecule has 0 saturated carbocycles. The summed E-state index contributed by atoms with van der Waals surface area (Å²) < 4.78 is 13.5. The van der Waals surface area contributed by atoms with Gasteiger partial charge >= 0.3 is 0 Å². The summed E-state index contributed by atoms with van der Waals surface area (Å²) in [5, 5.41) is 7.47. The zero-order valence-electron chi connectivity index (χ0n) is 13.2. The minimum atomic E-state index is -0.458. The largest absolute Gasteiger partial charge is 0.326 e. The number of carbonyl (C=O) groups is 2. The second-order valence-corrected chi connectivity index (χ2v) is 6.09. The lowest BCUT2D eigenvalue weighted by molar-refractivity contribution is -0.114. The number of hydrogen-bond donors (Lipinski definition) is 2. The molecule has 0 fully saturated rings. The van der Waals surface area contributed by atoms with Gasteiger partial charge in [-0.05, 0) is 30.3 Å². The van der Waals surface area contributed by atoms with Crippen molar-refractivity contribution in [2.45, 2.75) is 6.92 Å². The molecule has 2 aromatic carbocycles. The van der Waals surface area contributed by atoms with Gasteiger partial charge in [0.2, 0.25) is 5.91 Å². The molecule has 0 aliphatic carbocycles. The van der Waals surface area contributed by atoms with E-state index in [1.54, 1.807) is 35.7 Å². The van der Waals surface area contributed by atoms with E-state index in [2.05, 4.69) is 15.6 Å². The molecule has 5 nitrogen and oxygen atoms in total. The molecule has 0 bridgehead atoms. The summed E-state index contributed by atoms with van der Waals surface area (Å²) in [4.78, 5) is 27.8. The Balaban J connectivity index is 1.84. The van der Waals surface area contributed by atoms with E-state index >= 15 is 0 Å². The van der Waals surface area contributed by atoms with E-state index in [0.29, 0.717) is 27.6 Å². The van der Waals surface area contributed by atoms with Crippen LogP contribution in [-0.2, 0) is 4.79 Å². The SMILES string of the molecule is CC(=O)Nc1cc(F)ccc1-c1csc(NC(=O)c2ccccc2)n1. The number of nitrogens with one attached hydrogen (secondary N) is 2. The van der Waals surface area contributed by atoms with Crippen molar-refractivity contribution in [1.29, 1.82) is 0 Å². The van der Waals surface area contributed by atoms with Crippen LogP contribution in [0.2, 0.25) is 0 Å². The molecule has 0 atom stereocenters. The second kappa shape index (κ2) is 7.23. The third-order valence-electron chi connectivity index (χ3n) is 3.33. The van der Waals surface area contributed by atoms with Gasteiger partial charge in [0.25, 0.3) is 5.91 Å². The first-order valence-electron chi connectivity index (χ1n) is 7.42. The summed E-state index contributed by atoms with van der Waals surface area (Å²) in [7, 11) is 0. The highest BCUT2D eigenvalue weighted by Gasteiger charge is 2.13. The van der Waals surface area contributed by atoms with E-state index in [9.17, 15) is 14.0 Å². The molecule has 0 saturated heterocycles. The van der Waals surface area contributed by atoms with E-state index in [1.807, 2.05) is 6.07 Å². The molecule has 0 aliphatic rings. The number of thiazole rings is 1. The first-order valence-corrected chi connectivity index (χ1v) is 8.30. The fourth-order valence-corrected chi connectivity index (χ4v) is 2.95. The predicted molar refractivity (Wildman–Crippen MR) is 96.2 cm³/mol. The van der Waals surface area contributed by atoms with E-state index in [1.165, 1.54) is 30.4 Å². The Labute approximate surface area is 147 Å². The van der Waals surface area contributed by atoms with Gasteiger partial charge in [-0.2, -0.15) is 0 Å². The van der Waals surface area contributed by atoms with Gasteiger partial charge in [0.1, 0.15) is 5.82 Å². The van der Waals surface area contributed by atoms with Crippen LogP contribution in [0.5, 0.6) is 0 Å². The van der Waals surface area contributed by atoms with Gasteiger partial charge in [-0.15, -0.1) is 11.3 Å². The van der Waals surface area contributed by atoms with Gasteiger partial charge in [-0.25, -0.2) is 9.37 Å². The summed E-state index contributed by atoms with van der Waals surface area (Å²) >= 11 is 1.25. The van der Waals surface area contributed by atoms with Gasteiger partial charge in [0.15, 0.2) is 5.13 Å². The third kappa shape index (κ3) is 4.07. The van der Waals surface area contributed by atoms with Crippen molar-refractivity contribution >= 4 is 34.0 Å². The Kier molecular flexibility index (Phi) is 4.85. The number of carbonyl (C=O) groups excluding carboxylic acids is 2. The molecule has 2 N–H and O–H groups in total. The highest BCUT2D eigenvalue weighted by atomic mass is 32.1. The van der Waals surface area contributed by atoms with Crippen LogP contribution in [0.1, 0.15) is 17.3 Å². The standard InChI is InChI=1S/C18H14FN3O2S/c1-11(23)20-15-9-13(19)7-8-14(15)16-10-25-18(21-16)22-17(24)12-5-3-2-4-6-12/h2-10H,1H3,(H,20,23)(H,21,22,24). The molecule has 2 amide bonds.